The van der Waals surface area contributed by atoms with E-state index in [9.17, 15) is 39.6 Å². The van der Waals surface area contributed by atoms with Crippen LogP contribution in [0.1, 0.15) is 41.4 Å². The van der Waals surface area contributed by atoms with Gasteiger partial charge in [-0.2, -0.15) is 0 Å². The van der Waals surface area contributed by atoms with Crippen LogP contribution in [0.3, 0.4) is 0 Å². The number of ether oxygens (including phenoxy) is 8. The molecular weight excluding hydrogens is 881 g/mol. The number of benzene rings is 6. The van der Waals surface area contributed by atoms with Gasteiger partial charge in [0.15, 0.2) is 23.0 Å². The third-order valence-electron chi connectivity index (χ3n) is 10.6. The zero-order valence-electron chi connectivity index (χ0n) is 36.7. The molecule has 1 aliphatic heterocycles. The molecule has 0 radical (unpaired) electrons. The number of rotatable bonds is 8. The molecule has 6 aromatic rings. The van der Waals surface area contributed by atoms with Crippen molar-refractivity contribution in [2.24, 2.45) is 0 Å². The third-order valence-corrected chi connectivity index (χ3v) is 10.6. The van der Waals surface area contributed by atoms with Gasteiger partial charge < -0.3 is 58.3 Å². The lowest BCUT2D eigenvalue weighted by Crippen LogP contribution is -2.16. The smallest absolute Gasteiger partial charge is 0.335 e. The second kappa shape index (κ2) is 23.6. The number of fused-ring (bicyclic) bond motifs is 2. The average Bonchev–Trinajstić information content (AvgIpc) is 3.35. The first kappa shape index (κ1) is 48.2. The van der Waals surface area contributed by atoms with Crippen LogP contribution in [0.25, 0.3) is 44.5 Å². The normalized spacial score (nSPS) is 14.5. The summed E-state index contributed by atoms with van der Waals surface area (Å²) in [6.45, 7) is 2.35. The Labute approximate surface area is 390 Å². The van der Waals surface area contributed by atoms with Crippen LogP contribution in [0, 0.1) is 0 Å². The van der Waals surface area contributed by atoms with Crippen molar-refractivity contribution >= 4 is 23.9 Å². The SMILES string of the molecule is O=C(O)c1ccc(-c2cc3c(cc2-c2ccc(C(=O)O)cc2)OCCOCCOCCOc2cc(-c4ccc(C(=O)O)cc4)c(-c4ccc(C(=O)O)cc4)cc2OCCOCCOCCO3)cc1. The molecule has 0 fully saturated rings. The highest BCUT2D eigenvalue weighted by atomic mass is 16.6. The Morgan fingerprint density at radius 1 is 0.279 bits per heavy atom. The molecule has 1 aliphatic rings. The zero-order chi connectivity index (χ0) is 47.8. The van der Waals surface area contributed by atoms with Crippen LogP contribution in [-0.4, -0.2) is 124 Å². The number of hydrogen-bond acceptors (Lipinski definition) is 12. The van der Waals surface area contributed by atoms with Crippen molar-refractivity contribution in [1.29, 1.82) is 0 Å². The molecule has 352 valence electrons. The van der Waals surface area contributed by atoms with E-state index in [0.717, 1.165) is 0 Å². The van der Waals surface area contributed by atoms with E-state index in [0.29, 0.717) is 67.5 Å². The summed E-state index contributed by atoms with van der Waals surface area (Å²) < 4.78 is 48.2. The van der Waals surface area contributed by atoms with E-state index in [-0.39, 0.29) is 102 Å². The van der Waals surface area contributed by atoms with Gasteiger partial charge in [-0.25, -0.2) is 19.2 Å². The molecule has 0 bridgehead atoms. The number of hydrogen-bond donors (Lipinski definition) is 4. The Hall–Kier alpha value is -7.76. The van der Waals surface area contributed by atoms with E-state index in [1.54, 1.807) is 72.8 Å². The average molecular weight is 929 g/mol. The molecule has 0 saturated heterocycles. The van der Waals surface area contributed by atoms with Crippen molar-refractivity contribution in [2.45, 2.75) is 0 Å². The summed E-state index contributed by atoms with van der Waals surface area (Å²) in [5.74, 6) is -2.66. The van der Waals surface area contributed by atoms with Crippen LogP contribution < -0.4 is 18.9 Å². The monoisotopic (exact) mass is 928 g/mol. The quantitative estimate of drug-likeness (QED) is 0.112. The van der Waals surface area contributed by atoms with Crippen LogP contribution in [0.2, 0.25) is 0 Å². The van der Waals surface area contributed by atoms with Crippen LogP contribution in [-0.2, 0) is 18.9 Å². The molecule has 7 rings (SSSR count). The molecule has 0 unspecified atom stereocenters. The van der Waals surface area contributed by atoms with Crippen molar-refractivity contribution in [3.05, 3.63) is 144 Å². The first-order valence-electron chi connectivity index (χ1n) is 21.6. The van der Waals surface area contributed by atoms with Gasteiger partial charge in [-0.3, -0.25) is 0 Å². The predicted molar refractivity (Wildman–Crippen MR) is 248 cm³/mol. The number of aromatic carboxylic acids is 4. The van der Waals surface area contributed by atoms with Crippen molar-refractivity contribution in [3.8, 4) is 67.5 Å². The largest absolute Gasteiger partial charge is 0.487 e. The van der Waals surface area contributed by atoms with E-state index in [1.807, 2.05) is 0 Å². The highest BCUT2D eigenvalue weighted by Gasteiger charge is 2.20. The van der Waals surface area contributed by atoms with E-state index in [2.05, 4.69) is 0 Å². The second-order valence-electron chi connectivity index (χ2n) is 15.1. The van der Waals surface area contributed by atoms with Gasteiger partial charge in [0.2, 0.25) is 0 Å². The Bertz CT molecular complexity index is 2310. The Balaban J connectivity index is 1.08. The summed E-state index contributed by atoms with van der Waals surface area (Å²) in [6.07, 6.45) is 0. The van der Waals surface area contributed by atoms with E-state index < -0.39 is 23.9 Å². The summed E-state index contributed by atoms with van der Waals surface area (Å²) in [5, 5.41) is 38.1. The van der Waals surface area contributed by atoms with Gasteiger partial charge in [0, 0.05) is 0 Å². The van der Waals surface area contributed by atoms with Gasteiger partial charge in [0.05, 0.1) is 75.1 Å². The molecule has 68 heavy (non-hydrogen) atoms. The number of carboxylic acid groups (broad SMARTS) is 4. The summed E-state index contributed by atoms with van der Waals surface area (Å²) in [5.41, 5.74) is 6.02. The first-order chi connectivity index (χ1) is 33.0. The van der Waals surface area contributed by atoms with Crippen LogP contribution in [0.5, 0.6) is 23.0 Å². The van der Waals surface area contributed by atoms with Gasteiger partial charge in [-0.1, -0.05) is 48.5 Å². The minimum atomic E-state index is -1.06. The number of carboxylic acids is 4. The van der Waals surface area contributed by atoms with Gasteiger partial charge in [-0.05, 0) is 117 Å². The topological polar surface area (TPSA) is 223 Å². The van der Waals surface area contributed by atoms with Crippen molar-refractivity contribution in [1.82, 2.24) is 0 Å². The zero-order valence-corrected chi connectivity index (χ0v) is 36.7. The maximum atomic E-state index is 11.6. The van der Waals surface area contributed by atoms with Gasteiger partial charge >= 0.3 is 23.9 Å². The molecule has 0 amide bonds. The molecule has 16 nitrogen and oxygen atoms in total. The highest BCUT2D eigenvalue weighted by Crippen LogP contribution is 2.43. The molecule has 6 aromatic carbocycles. The van der Waals surface area contributed by atoms with E-state index >= 15 is 0 Å². The maximum absolute atomic E-state index is 11.6. The van der Waals surface area contributed by atoms with Crippen molar-refractivity contribution < 1.29 is 77.5 Å². The summed E-state index contributed by atoms with van der Waals surface area (Å²) in [7, 11) is 0. The molecule has 0 atom stereocenters. The molecule has 0 saturated carbocycles. The fourth-order valence-corrected chi connectivity index (χ4v) is 7.18. The van der Waals surface area contributed by atoms with Gasteiger partial charge in [-0.15, -0.1) is 0 Å². The Morgan fingerprint density at radius 3 is 0.632 bits per heavy atom. The summed E-state index contributed by atoms with van der Waals surface area (Å²) in [4.78, 5) is 46.5. The second-order valence-corrected chi connectivity index (χ2v) is 15.1. The number of carbonyl (C=O) groups is 4. The highest BCUT2D eigenvalue weighted by molar-refractivity contribution is 5.94. The standard InChI is InChI=1S/C52H48O16/c53-49(54)37-9-1-33(2-10-37)41-29-45-46(30-42(41)34-3-11-38(12-4-34)50(55)56)66-26-22-62-19-20-64-24-28-68-48-32-44(36-7-15-40(16-8-36)52(59)60)43(35-5-13-39(14-6-35)51(57)58)31-47(48)67-27-23-63-18-17-61-21-25-65-45/h1-16,29-32H,17-28H2,(H,53,54)(H,55,56)(H,57,58)(H,59,60). The molecule has 16 heteroatoms. The van der Waals surface area contributed by atoms with Crippen LogP contribution >= 0.6 is 0 Å². The van der Waals surface area contributed by atoms with E-state index in [1.165, 1.54) is 48.5 Å². The molecule has 1 heterocycles. The summed E-state index contributed by atoms with van der Waals surface area (Å²) >= 11 is 0. The molecule has 0 aromatic heterocycles. The fraction of sp³-hybridized carbons (Fsp3) is 0.231. The first-order valence-corrected chi connectivity index (χ1v) is 21.6. The minimum absolute atomic E-state index is 0.120. The van der Waals surface area contributed by atoms with Crippen molar-refractivity contribution in [3.63, 3.8) is 0 Å². The summed E-state index contributed by atoms with van der Waals surface area (Å²) in [6, 6.07) is 32.8. The lowest BCUT2D eigenvalue weighted by molar-refractivity contribution is 0.0223. The van der Waals surface area contributed by atoms with Crippen molar-refractivity contribution in [2.75, 3.05) is 79.3 Å². The van der Waals surface area contributed by atoms with Crippen LogP contribution in [0.15, 0.2) is 121 Å². The molecule has 4 N–H and O–H groups in total. The molecule has 0 spiro atoms. The minimum Gasteiger partial charge on any atom is -0.487 e. The third kappa shape index (κ3) is 12.8. The Morgan fingerprint density at radius 2 is 0.456 bits per heavy atom. The Kier molecular flexibility index (Phi) is 16.7. The lowest BCUT2D eigenvalue weighted by atomic mass is 9.93. The molecule has 0 aliphatic carbocycles. The van der Waals surface area contributed by atoms with E-state index in [4.69, 9.17) is 37.9 Å². The van der Waals surface area contributed by atoms with Gasteiger partial charge in [0.1, 0.15) is 26.4 Å². The van der Waals surface area contributed by atoms with Gasteiger partial charge in [0.25, 0.3) is 0 Å². The molecular formula is C52H48O16. The predicted octanol–water partition coefficient (Wildman–Crippen LogP) is 8.44. The fourth-order valence-electron chi connectivity index (χ4n) is 7.18. The van der Waals surface area contributed by atoms with Crippen LogP contribution in [0.4, 0.5) is 0 Å². The lowest BCUT2D eigenvalue weighted by Gasteiger charge is -2.19. The maximum Gasteiger partial charge on any atom is 0.335 e.